The van der Waals surface area contributed by atoms with Crippen LogP contribution < -0.4 is 15.2 Å². The summed E-state index contributed by atoms with van der Waals surface area (Å²) in [5.41, 5.74) is 8.92. The maximum atomic E-state index is 10.5. The van der Waals surface area contributed by atoms with Crippen LogP contribution in [0.2, 0.25) is 0 Å². The van der Waals surface area contributed by atoms with Gasteiger partial charge in [0.2, 0.25) is 0 Å². The number of hydrogen-bond donors (Lipinski definition) is 2. The lowest BCUT2D eigenvalue weighted by molar-refractivity contribution is 0.214. The quantitative estimate of drug-likeness (QED) is 0.841. The van der Waals surface area contributed by atoms with Crippen molar-refractivity contribution in [1.29, 1.82) is 0 Å². The van der Waals surface area contributed by atoms with Crippen molar-refractivity contribution in [1.82, 2.24) is 0 Å². The number of anilines is 1. The van der Waals surface area contributed by atoms with Crippen LogP contribution in [0.15, 0.2) is 36.4 Å². The molecule has 20 heavy (non-hydrogen) atoms. The molecule has 2 aromatic rings. The van der Waals surface area contributed by atoms with E-state index in [1.54, 1.807) is 38.5 Å². The second-order valence-electron chi connectivity index (χ2n) is 4.63. The zero-order chi connectivity index (χ0) is 14.7. The van der Waals surface area contributed by atoms with Crippen LogP contribution in [0.25, 0.3) is 0 Å². The van der Waals surface area contributed by atoms with Gasteiger partial charge in [0.15, 0.2) is 0 Å². The minimum Gasteiger partial charge on any atom is -0.497 e. The van der Waals surface area contributed by atoms with Gasteiger partial charge in [-0.3, -0.25) is 0 Å². The highest BCUT2D eigenvalue weighted by Gasteiger charge is 2.16. The van der Waals surface area contributed by atoms with Gasteiger partial charge in [-0.05, 0) is 36.2 Å². The average Bonchev–Trinajstić information content (AvgIpc) is 2.48. The molecule has 0 aliphatic heterocycles. The highest BCUT2D eigenvalue weighted by atomic mass is 16.5. The van der Waals surface area contributed by atoms with Crippen LogP contribution in [0.1, 0.15) is 22.8 Å². The van der Waals surface area contributed by atoms with Gasteiger partial charge in [-0.1, -0.05) is 12.1 Å². The summed E-state index contributed by atoms with van der Waals surface area (Å²) in [6.45, 7) is 1.91. The molecule has 0 saturated carbocycles. The second-order valence-corrected chi connectivity index (χ2v) is 4.63. The highest BCUT2D eigenvalue weighted by molar-refractivity contribution is 5.51. The predicted octanol–water partition coefficient (Wildman–Crippen LogP) is 2.68. The topological polar surface area (TPSA) is 64.7 Å². The Bertz CT molecular complexity index is 611. The minimum absolute atomic E-state index is 0.589. The van der Waals surface area contributed by atoms with Crippen molar-refractivity contribution in [2.45, 2.75) is 13.0 Å². The third-order valence-corrected chi connectivity index (χ3v) is 3.34. The Labute approximate surface area is 118 Å². The Morgan fingerprint density at radius 2 is 1.80 bits per heavy atom. The molecule has 0 fully saturated rings. The van der Waals surface area contributed by atoms with Crippen molar-refractivity contribution in [3.05, 3.63) is 53.1 Å². The summed E-state index contributed by atoms with van der Waals surface area (Å²) in [6, 6.07) is 10.8. The van der Waals surface area contributed by atoms with E-state index < -0.39 is 6.10 Å². The van der Waals surface area contributed by atoms with Crippen molar-refractivity contribution < 1.29 is 14.6 Å². The summed E-state index contributed by atoms with van der Waals surface area (Å²) >= 11 is 0. The second kappa shape index (κ2) is 5.84. The zero-order valence-corrected chi connectivity index (χ0v) is 11.9. The SMILES string of the molecule is COc1ccc(C(O)c2ccc(N)c(C)c2)c(OC)c1. The van der Waals surface area contributed by atoms with Crippen LogP contribution in [0.3, 0.4) is 0 Å². The Kier molecular flexibility index (Phi) is 4.15. The van der Waals surface area contributed by atoms with E-state index in [9.17, 15) is 5.11 Å². The first kappa shape index (κ1) is 14.2. The molecule has 4 heteroatoms. The lowest BCUT2D eigenvalue weighted by Crippen LogP contribution is -2.04. The molecule has 2 aromatic carbocycles. The van der Waals surface area contributed by atoms with Crippen LogP contribution in [-0.2, 0) is 0 Å². The molecule has 0 aliphatic rings. The molecule has 0 spiro atoms. The van der Waals surface area contributed by atoms with E-state index in [2.05, 4.69) is 0 Å². The van der Waals surface area contributed by atoms with Gasteiger partial charge in [0.25, 0.3) is 0 Å². The number of ether oxygens (including phenoxy) is 2. The van der Waals surface area contributed by atoms with Crippen LogP contribution >= 0.6 is 0 Å². The molecule has 1 atom stereocenters. The van der Waals surface area contributed by atoms with Crippen molar-refractivity contribution in [2.24, 2.45) is 0 Å². The normalized spacial score (nSPS) is 12.0. The maximum Gasteiger partial charge on any atom is 0.128 e. The largest absolute Gasteiger partial charge is 0.497 e. The first-order valence-corrected chi connectivity index (χ1v) is 6.33. The highest BCUT2D eigenvalue weighted by Crippen LogP contribution is 2.33. The number of nitrogens with two attached hydrogens (primary N) is 1. The first-order valence-electron chi connectivity index (χ1n) is 6.33. The summed E-state index contributed by atoms with van der Waals surface area (Å²) in [7, 11) is 3.16. The molecular weight excluding hydrogens is 254 g/mol. The number of aliphatic hydroxyl groups is 1. The van der Waals surface area contributed by atoms with Crippen molar-refractivity contribution in [2.75, 3.05) is 20.0 Å². The minimum atomic E-state index is -0.768. The average molecular weight is 273 g/mol. The van der Waals surface area contributed by atoms with E-state index in [0.717, 1.165) is 11.1 Å². The summed E-state index contributed by atoms with van der Waals surface area (Å²) in [6.07, 6.45) is -0.768. The zero-order valence-electron chi connectivity index (χ0n) is 11.9. The number of nitrogen functional groups attached to an aromatic ring is 1. The smallest absolute Gasteiger partial charge is 0.128 e. The molecule has 0 heterocycles. The van der Waals surface area contributed by atoms with Gasteiger partial charge in [-0.2, -0.15) is 0 Å². The molecule has 2 rings (SSSR count). The van der Waals surface area contributed by atoms with Crippen molar-refractivity contribution >= 4 is 5.69 Å². The number of aryl methyl sites for hydroxylation is 1. The van der Waals surface area contributed by atoms with Crippen molar-refractivity contribution in [3.63, 3.8) is 0 Å². The van der Waals surface area contributed by atoms with Crippen LogP contribution in [0.5, 0.6) is 11.5 Å². The third-order valence-electron chi connectivity index (χ3n) is 3.34. The van der Waals surface area contributed by atoms with E-state index in [1.807, 2.05) is 19.1 Å². The number of methoxy groups -OCH3 is 2. The Morgan fingerprint density at radius 1 is 1.05 bits per heavy atom. The van der Waals surface area contributed by atoms with Gasteiger partial charge in [0, 0.05) is 17.3 Å². The van der Waals surface area contributed by atoms with Gasteiger partial charge in [0.1, 0.15) is 17.6 Å². The van der Waals surface area contributed by atoms with E-state index >= 15 is 0 Å². The molecule has 4 nitrogen and oxygen atoms in total. The summed E-state index contributed by atoms with van der Waals surface area (Å²) in [4.78, 5) is 0. The molecule has 0 aromatic heterocycles. The third kappa shape index (κ3) is 2.70. The molecule has 0 radical (unpaired) electrons. The summed E-state index contributed by atoms with van der Waals surface area (Å²) < 4.78 is 10.5. The number of rotatable bonds is 4. The Balaban J connectivity index is 2.41. The van der Waals surface area contributed by atoms with Gasteiger partial charge in [0.05, 0.1) is 14.2 Å². The fourth-order valence-corrected chi connectivity index (χ4v) is 2.09. The van der Waals surface area contributed by atoms with Crippen LogP contribution in [0.4, 0.5) is 5.69 Å². The number of aliphatic hydroxyl groups excluding tert-OH is 1. The monoisotopic (exact) mass is 273 g/mol. The van der Waals surface area contributed by atoms with Crippen LogP contribution in [0, 0.1) is 6.92 Å². The fourth-order valence-electron chi connectivity index (χ4n) is 2.09. The lowest BCUT2D eigenvalue weighted by atomic mass is 9.98. The molecule has 0 aliphatic carbocycles. The fraction of sp³-hybridized carbons (Fsp3) is 0.250. The summed E-state index contributed by atoms with van der Waals surface area (Å²) in [5, 5.41) is 10.5. The van der Waals surface area contributed by atoms with Gasteiger partial charge >= 0.3 is 0 Å². The molecule has 0 saturated heterocycles. The van der Waals surface area contributed by atoms with Gasteiger partial charge in [-0.15, -0.1) is 0 Å². The maximum absolute atomic E-state index is 10.5. The standard InChI is InChI=1S/C16H19NO3/c1-10-8-11(4-7-14(10)17)16(18)13-6-5-12(19-2)9-15(13)20-3/h4-9,16,18H,17H2,1-3H3. The predicted molar refractivity (Wildman–Crippen MR) is 79.2 cm³/mol. The van der Waals surface area contributed by atoms with Crippen molar-refractivity contribution in [3.8, 4) is 11.5 Å². The first-order chi connectivity index (χ1) is 9.56. The van der Waals surface area contributed by atoms with Crippen LogP contribution in [-0.4, -0.2) is 19.3 Å². The molecule has 0 amide bonds. The van der Waals surface area contributed by atoms with E-state index in [0.29, 0.717) is 22.7 Å². The van der Waals surface area contributed by atoms with E-state index in [1.165, 1.54) is 0 Å². The lowest BCUT2D eigenvalue weighted by Gasteiger charge is -2.17. The molecule has 106 valence electrons. The van der Waals surface area contributed by atoms with E-state index in [-0.39, 0.29) is 0 Å². The number of hydrogen-bond acceptors (Lipinski definition) is 4. The summed E-state index contributed by atoms with van der Waals surface area (Å²) in [5.74, 6) is 1.28. The molecular formula is C16H19NO3. The Hall–Kier alpha value is -2.20. The molecule has 3 N–H and O–H groups in total. The molecule has 0 bridgehead atoms. The Morgan fingerprint density at radius 3 is 2.40 bits per heavy atom. The molecule has 1 unspecified atom stereocenters. The number of benzene rings is 2. The van der Waals surface area contributed by atoms with Gasteiger partial charge < -0.3 is 20.3 Å². The van der Waals surface area contributed by atoms with E-state index in [4.69, 9.17) is 15.2 Å². The van der Waals surface area contributed by atoms with Gasteiger partial charge in [-0.25, -0.2) is 0 Å².